The van der Waals surface area contributed by atoms with E-state index in [1.54, 1.807) is 54.0 Å². The third-order valence-electron chi connectivity index (χ3n) is 3.98. The maximum absolute atomic E-state index is 12.3. The van der Waals surface area contributed by atoms with Crippen LogP contribution < -0.4 is 14.8 Å². The molecule has 1 aromatic heterocycles. The van der Waals surface area contributed by atoms with Crippen molar-refractivity contribution >= 4 is 28.9 Å². The third kappa shape index (κ3) is 5.55. The summed E-state index contributed by atoms with van der Waals surface area (Å²) in [6, 6.07) is 13.5. The minimum absolute atomic E-state index is 0.322. The van der Waals surface area contributed by atoms with Gasteiger partial charge in [-0.25, -0.2) is 9.78 Å². The fourth-order valence-electron chi connectivity index (χ4n) is 2.42. The van der Waals surface area contributed by atoms with Gasteiger partial charge in [-0.3, -0.25) is 4.79 Å². The van der Waals surface area contributed by atoms with Crippen LogP contribution in [0.25, 0.3) is 0 Å². The van der Waals surface area contributed by atoms with E-state index in [0.717, 1.165) is 5.69 Å². The minimum atomic E-state index is -0.979. The van der Waals surface area contributed by atoms with Gasteiger partial charge in [0, 0.05) is 5.38 Å². The van der Waals surface area contributed by atoms with E-state index in [1.807, 2.05) is 5.38 Å². The summed E-state index contributed by atoms with van der Waals surface area (Å²) in [5.74, 6) is 0.0777. The largest absolute Gasteiger partial charge is 0.495 e. The molecule has 0 fully saturated rings. The predicted octanol–water partition coefficient (Wildman–Crippen LogP) is 3.91. The maximum atomic E-state index is 12.3. The number of ether oxygens (including phenoxy) is 3. The number of rotatable bonds is 8. The molecule has 0 aliphatic heterocycles. The van der Waals surface area contributed by atoms with Gasteiger partial charge in [-0.15, -0.1) is 11.3 Å². The Morgan fingerprint density at radius 1 is 1.14 bits per heavy atom. The Bertz CT molecular complexity index is 957. The molecule has 8 heteroatoms. The van der Waals surface area contributed by atoms with Crippen LogP contribution in [0.4, 0.5) is 5.69 Å². The number of nitrogens with one attached hydrogen (secondary N) is 1. The van der Waals surface area contributed by atoms with Gasteiger partial charge in [0.2, 0.25) is 0 Å². The van der Waals surface area contributed by atoms with E-state index in [4.69, 9.17) is 14.2 Å². The number of hydrogen-bond acceptors (Lipinski definition) is 7. The number of aromatic nitrogens is 1. The molecule has 0 aliphatic carbocycles. The maximum Gasteiger partial charge on any atom is 0.338 e. The van der Waals surface area contributed by atoms with E-state index in [0.29, 0.717) is 29.4 Å². The highest BCUT2D eigenvalue weighted by molar-refractivity contribution is 7.07. The molecule has 0 spiro atoms. The number of para-hydroxylation sites is 2. The Kier molecular flexibility index (Phi) is 6.80. The number of hydrogen-bond donors (Lipinski definition) is 1. The van der Waals surface area contributed by atoms with Crippen molar-refractivity contribution in [2.75, 3.05) is 12.4 Å². The Hall–Kier alpha value is -3.39. The lowest BCUT2D eigenvalue weighted by molar-refractivity contribution is -0.123. The normalized spacial score (nSPS) is 11.4. The van der Waals surface area contributed by atoms with Crippen molar-refractivity contribution < 1.29 is 23.8 Å². The molecule has 0 saturated heterocycles. The SMILES string of the molecule is COc1ccccc1NC(=O)C(C)OC(=O)c1ccc(OCc2cscn2)cc1. The van der Waals surface area contributed by atoms with E-state index in [-0.39, 0.29) is 0 Å². The van der Waals surface area contributed by atoms with E-state index in [1.165, 1.54) is 25.4 Å². The second-order valence-electron chi connectivity index (χ2n) is 6.03. The lowest BCUT2D eigenvalue weighted by atomic mass is 10.2. The zero-order valence-corrected chi connectivity index (χ0v) is 16.8. The van der Waals surface area contributed by atoms with Gasteiger partial charge in [0.1, 0.15) is 18.1 Å². The van der Waals surface area contributed by atoms with Gasteiger partial charge in [-0.05, 0) is 43.3 Å². The molecule has 0 radical (unpaired) electrons. The topological polar surface area (TPSA) is 86.8 Å². The van der Waals surface area contributed by atoms with Crippen molar-refractivity contribution in [1.29, 1.82) is 0 Å². The van der Waals surface area contributed by atoms with E-state index >= 15 is 0 Å². The van der Waals surface area contributed by atoms with Crippen LogP contribution in [0.3, 0.4) is 0 Å². The first-order chi connectivity index (χ1) is 14.1. The molecule has 1 N–H and O–H groups in total. The molecule has 0 bridgehead atoms. The molecule has 1 amide bonds. The summed E-state index contributed by atoms with van der Waals surface area (Å²) < 4.78 is 16.1. The number of carbonyl (C=O) groups is 2. The number of anilines is 1. The molecule has 7 nitrogen and oxygen atoms in total. The monoisotopic (exact) mass is 412 g/mol. The zero-order valence-electron chi connectivity index (χ0n) is 16.0. The van der Waals surface area contributed by atoms with Crippen LogP contribution in [-0.2, 0) is 16.1 Å². The van der Waals surface area contributed by atoms with Crippen LogP contribution >= 0.6 is 11.3 Å². The molecular formula is C21H20N2O5S. The van der Waals surface area contributed by atoms with Gasteiger partial charge >= 0.3 is 5.97 Å². The third-order valence-corrected chi connectivity index (χ3v) is 4.61. The Balaban J connectivity index is 1.54. The molecule has 1 heterocycles. The molecule has 3 aromatic rings. The summed E-state index contributed by atoms with van der Waals surface area (Å²) in [6.45, 7) is 1.86. The Labute approximate surface area is 172 Å². The van der Waals surface area contributed by atoms with Gasteiger partial charge < -0.3 is 19.5 Å². The molecule has 1 atom stereocenters. The van der Waals surface area contributed by atoms with Crippen molar-refractivity contribution in [3.8, 4) is 11.5 Å². The number of nitrogens with zero attached hydrogens (tertiary/aromatic N) is 1. The molecular weight excluding hydrogens is 392 g/mol. The van der Waals surface area contributed by atoms with Crippen molar-refractivity contribution in [2.24, 2.45) is 0 Å². The van der Waals surface area contributed by atoms with E-state index < -0.39 is 18.0 Å². The van der Waals surface area contributed by atoms with Gasteiger partial charge in [-0.1, -0.05) is 12.1 Å². The molecule has 3 rings (SSSR count). The summed E-state index contributed by atoms with van der Waals surface area (Å²) in [6.07, 6.45) is -0.979. The molecule has 0 saturated carbocycles. The summed E-state index contributed by atoms with van der Waals surface area (Å²) in [7, 11) is 1.51. The molecule has 0 aliphatic rings. The van der Waals surface area contributed by atoms with Crippen LogP contribution in [0.15, 0.2) is 59.4 Å². The Morgan fingerprint density at radius 2 is 1.90 bits per heavy atom. The number of esters is 1. The zero-order chi connectivity index (χ0) is 20.6. The number of amides is 1. The molecule has 2 aromatic carbocycles. The van der Waals surface area contributed by atoms with Crippen molar-refractivity contribution in [1.82, 2.24) is 4.98 Å². The highest BCUT2D eigenvalue weighted by Gasteiger charge is 2.20. The molecule has 1 unspecified atom stereocenters. The van der Waals surface area contributed by atoms with Crippen LogP contribution in [0, 0.1) is 0 Å². The first-order valence-corrected chi connectivity index (χ1v) is 9.76. The fourth-order valence-corrected chi connectivity index (χ4v) is 2.96. The number of methoxy groups -OCH3 is 1. The van der Waals surface area contributed by atoms with Gasteiger partial charge in [0.15, 0.2) is 6.10 Å². The number of carbonyl (C=O) groups excluding carboxylic acids is 2. The van der Waals surface area contributed by atoms with Crippen LogP contribution in [0.5, 0.6) is 11.5 Å². The second-order valence-corrected chi connectivity index (χ2v) is 6.75. The summed E-state index contributed by atoms with van der Waals surface area (Å²) >= 11 is 1.50. The number of benzene rings is 2. The second kappa shape index (κ2) is 9.70. The minimum Gasteiger partial charge on any atom is -0.495 e. The van der Waals surface area contributed by atoms with Crippen LogP contribution in [0.2, 0.25) is 0 Å². The van der Waals surface area contributed by atoms with E-state index in [9.17, 15) is 9.59 Å². The van der Waals surface area contributed by atoms with Crippen LogP contribution in [-0.4, -0.2) is 30.1 Å². The summed E-state index contributed by atoms with van der Waals surface area (Å²) in [4.78, 5) is 28.8. The van der Waals surface area contributed by atoms with Gasteiger partial charge in [0.05, 0.1) is 29.6 Å². The quantitative estimate of drug-likeness (QED) is 0.565. The summed E-state index contributed by atoms with van der Waals surface area (Å²) in [5.41, 5.74) is 3.41. The molecule has 150 valence electrons. The van der Waals surface area contributed by atoms with Crippen molar-refractivity contribution in [2.45, 2.75) is 19.6 Å². The highest BCUT2D eigenvalue weighted by Crippen LogP contribution is 2.23. The Morgan fingerprint density at radius 3 is 2.59 bits per heavy atom. The summed E-state index contributed by atoms with van der Waals surface area (Å²) in [5, 5.41) is 4.60. The first-order valence-electron chi connectivity index (χ1n) is 8.81. The lowest BCUT2D eigenvalue weighted by Crippen LogP contribution is -2.30. The van der Waals surface area contributed by atoms with Crippen molar-refractivity contribution in [3.05, 3.63) is 70.7 Å². The van der Waals surface area contributed by atoms with Crippen molar-refractivity contribution in [3.63, 3.8) is 0 Å². The first kappa shape index (κ1) is 20.3. The molecule has 29 heavy (non-hydrogen) atoms. The average Bonchev–Trinajstić information content (AvgIpc) is 3.26. The van der Waals surface area contributed by atoms with Crippen LogP contribution in [0.1, 0.15) is 23.0 Å². The highest BCUT2D eigenvalue weighted by atomic mass is 32.1. The predicted molar refractivity (Wildman–Crippen MR) is 109 cm³/mol. The fraction of sp³-hybridized carbons (Fsp3) is 0.190. The number of thiazole rings is 1. The van der Waals surface area contributed by atoms with Gasteiger partial charge in [0.25, 0.3) is 5.91 Å². The smallest absolute Gasteiger partial charge is 0.338 e. The average molecular weight is 412 g/mol. The van der Waals surface area contributed by atoms with Gasteiger partial charge in [-0.2, -0.15) is 0 Å². The van der Waals surface area contributed by atoms with E-state index in [2.05, 4.69) is 10.3 Å². The standard InChI is InChI=1S/C21H20N2O5S/c1-14(20(24)23-18-5-3-4-6-19(18)26-2)28-21(25)15-7-9-17(10-8-15)27-11-16-12-29-13-22-16/h3-10,12-14H,11H2,1-2H3,(H,23,24). The lowest BCUT2D eigenvalue weighted by Gasteiger charge is -2.15.